The summed E-state index contributed by atoms with van der Waals surface area (Å²) in [6.45, 7) is 4.29. The van der Waals surface area contributed by atoms with Crippen molar-refractivity contribution in [3.05, 3.63) is 47.8 Å². The first-order valence-corrected chi connectivity index (χ1v) is 7.66. The summed E-state index contributed by atoms with van der Waals surface area (Å²) in [5, 5.41) is 6.70. The zero-order chi connectivity index (χ0) is 14.5. The minimum atomic E-state index is 0.790. The molecule has 0 atom stereocenters. The van der Waals surface area contributed by atoms with Crippen LogP contribution in [0.1, 0.15) is 24.1 Å². The molecular formula is C17H22N4. The molecule has 0 bridgehead atoms. The monoisotopic (exact) mass is 282 g/mol. The molecule has 1 aliphatic heterocycles. The molecule has 2 N–H and O–H groups in total. The molecular weight excluding hydrogens is 260 g/mol. The molecule has 0 aromatic carbocycles. The van der Waals surface area contributed by atoms with E-state index in [-0.39, 0.29) is 0 Å². The maximum Gasteiger partial charge on any atom is 0.131 e. The smallest absolute Gasteiger partial charge is 0.131 e. The van der Waals surface area contributed by atoms with Gasteiger partial charge in [0, 0.05) is 11.9 Å². The average Bonchev–Trinajstić information content (AvgIpc) is 2.49. The highest BCUT2D eigenvalue weighted by atomic mass is 15.0. The van der Waals surface area contributed by atoms with E-state index in [2.05, 4.69) is 32.7 Å². The molecule has 21 heavy (non-hydrogen) atoms. The van der Waals surface area contributed by atoms with E-state index in [1.165, 1.54) is 18.4 Å². The highest BCUT2D eigenvalue weighted by Crippen LogP contribution is 2.20. The molecule has 3 rings (SSSR count). The van der Waals surface area contributed by atoms with Gasteiger partial charge in [-0.15, -0.1) is 0 Å². The van der Waals surface area contributed by atoms with E-state index < -0.39 is 0 Å². The SMILES string of the molecule is Cc1cccc(Nc2cc(CC3CCNCC3)ccn2)n1. The molecule has 1 aliphatic rings. The average molecular weight is 282 g/mol. The Balaban J connectivity index is 1.67. The zero-order valence-corrected chi connectivity index (χ0v) is 12.5. The Labute approximate surface area is 126 Å². The van der Waals surface area contributed by atoms with E-state index in [0.717, 1.165) is 42.8 Å². The molecule has 110 valence electrons. The first-order valence-electron chi connectivity index (χ1n) is 7.66. The lowest BCUT2D eigenvalue weighted by Gasteiger charge is -2.22. The van der Waals surface area contributed by atoms with Crippen LogP contribution in [0.15, 0.2) is 36.5 Å². The van der Waals surface area contributed by atoms with Gasteiger partial charge >= 0.3 is 0 Å². The van der Waals surface area contributed by atoms with Crippen molar-refractivity contribution in [1.82, 2.24) is 15.3 Å². The number of aryl methyl sites for hydroxylation is 1. The molecule has 0 amide bonds. The van der Waals surface area contributed by atoms with E-state index in [1.54, 1.807) is 0 Å². The number of pyridine rings is 2. The summed E-state index contributed by atoms with van der Waals surface area (Å²) in [5.74, 6) is 2.51. The highest BCUT2D eigenvalue weighted by molar-refractivity contribution is 5.52. The van der Waals surface area contributed by atoms with Crippen molar-refractivity contribution in [3.63, 3.8) is 0 Å². The largest absolute Gasteiger partial charge is 0.325 e. The van der Waals surface area contributed by atoms with Gasteiger partial charge in [0.25, 0.3) is 0 Å². The van der Waals surface area contributed by atoms with Crippen molar-refractivity contribution in [2.24, 2.45) is 5.92 Å². The molecule has 1 fully saturated rings. The number of hydrogen-bond acceptors (Lipinski definition) is 4. The highest BCUT2D eigenvalue weighted by Gasteiger charge is 2.13. The number of nitrogens with one attached hydrogen (secondary N) is 2. The molecule has 2 aromatic rings. The molecule has 0 saturated carbocycles. The zero-order valence-electron chi connectivity index (χ0n) is 12.5. The van der Waals surface area contributed by atoms with Crippen LogP contribution in [-0.4, -0.2) is 23.1 Å². The number of rotatable bonds is 4. The summed E-state index contributed by atoms with van der Waals surface area (Å²) in [6, 6.07) is 10.2. The molecule has 0 unspecified atom stereocenters. The van der Waals surface area contributed by atoms with E-state index in [1.807, 2.05) is 31.3 Å². The molecule has 2 aromatic heterocycles. The third-order valence-corrected chi connectivity index (χ3v) is 3.95. The van der Waals surface area contributed by atoms with Gasteiger partial charge < -0.3 is 10.6 Å². The van der Waals surface area contributed by atoms with Gasteiger partial charge in [0.1, 0.15) is 11.6 Å². The fourth-order valence-electron chi connectivity index (χ4n) is 2.83. The van der Waals surface area contributed by atoms with Crippen LogP contribution in [0.5, 0.6) is 0 Å². The van der Waals surface area contributed by atoms with Crippen LogP contribution < -0.4 is 10.6 Å². The minimum Gasteiger partial charge on any atom is -0.325 e. The summed E-state index contributed by atoms with van der Waals surface area (Å²) in [6.07, 6.45) is 5.56. The van der Waals surface area contributed by atoms with Gasteiger partial charge in [0.2, 0.25) is 0 Å². The maximum absolute atomic E-state index is 4.45. The third-order valence-electron chi connectivity index (χ3n) is 3.95. The lowest BCUT2D eigenvalue weighted by molar-refractivity contribution is 0.372. The van der Waals surface area contributed by atoms with Crippen molar-refractivity contribution in [3.8, 4) is 0 Å². The van der Waals surface area contributed by atoms with E-state index >= 15 is 0 Å². The van der Waals surface area contributed by atoms with Crippen LogP contribution in [0.4, 0.5) is 11.6 Å². The lowest BCUT2D eigenvalue weighted by atomic mass is 9.91. The van der Waals surface area contributed by atoms with Crippen molar-refractivity contribution < 1.29 is 0 Å². The Morgan fingerprint density at radius 3 is 2.86 bits per heavy atom. The van der Waals surface area contributed by atoms with Crippen LogP contribution in [0.2, 0.25) is 0 Å². The normalized spacial score (nSPS) is 15.9. The molecule has 0 aliphatic carbocycles. The molecule has 3 heterocycles. The summed E-state index contributed by atoms with van der Waals surface area (Å²) in [5.41, 5.74) is 2.36. The van der Waals surface area contributed by atoms with Crippen molar-refractivity contribution in [1.29, 1.82) is 0 Å². The van der Waals surface area contributed by atoms with Gasteiger partial charge in [-0.2, -0.15) is 0 Å². The van der Waals surface area contributed by atoms with Crippen molar-refractivity contribution in [2.45, 2.75) is 26.2 Å². The van der Waals surface area contributed by atoms with Gasteiger partial charge in [-0.3, -0.25) is 0 Å². The topological polar surface area (TPSA) is 49.8 Å². The van der Waals surface area contributed by atoms with Gasteiger partial charge in [-0.25, -0.2) is 9.97 Å². The summed E-state index contributed by atoms with van der Waals surface area (Å²) in [4.78, 5) is 8.85. The Hall–Kier alpha value is -1.94. The standard InChI is InChI=1S/C17H22N4/c1-13-3-2-4-16(20-13)21-17-12-15(7-10-19-17)11-14-5-8-18-9-6-14/h2-4,7,10,12,14,18H,5-6,8-9,11H2,1H3,(H,19,20,21). The fraction of sp³-hybridized carbons (Fsp3) is 0.412. The number of nitrogens with zero attached hydrogens (tertiary/aromatic N) is 2. The first-order chi connectivity index (χ1) is 10.3. The Morgan fingerprint density at radius 1 is 1.19 bits per heavy atom. The molecule has 1 saturated heterocycles. The van der Waals surface area contributed by atoms with Crippen molar-refractivity contribution in [2.75, 3.05) is 18.4 Å². The third kappa shape index (κ3) is 4.02. The van der Waals surface area contributed by atoms with E-state index in [0.29, 0.717) is 0 Å². The number of aromatic nitrogens is 2. The second kappa shape index (κ2) is 6.68. The van der Waals surface area contributed by atoms with Crippen LogP contribution in [0.3, 0.4) is 0 Å². The Kier molecular flexibility index (Phi) is 4.46. The minimum absolute atomic E-state index is 0.790. The van der Waals surface area contributed by atoms with Gasteiger partial charge in [-0.05, 0) is 75.0 Å². The predicted octanol–water partition coefficient (Wildman–Crippen LogP) is 3.07. The second-order valence-corrected chi connectivity index (χ2v) is 5.74. The Morgan fingerprint density at radius 2 is 2.05 bits per heavy atom. The van der Waals surface area contributed by atoms with Gasteiger partial charge in [0.15, 0.2) is 0 Å². The summed E-state index contributed by atoms with van der Waals surface area (Å²) >= 11 is 0. The molecule has 0 spiro atoms. The molecule has 4 nitrogen and oxygen atoms in total. The summed E-state index contributed by atoms with van der Waals surface area (Å²) in [7, 11) is 0. The molecule has 0 radical (unpaired) electrons. The number of piperidine rings is 1. The van der Waals surface area contributed by atoms with Crippen molar-refractivity contribution >= 4 is 11.6 Å². The fourth-order valence-corrected chi connectivity index (χ4v) is 2.83. The number of anilines is 2. The first kappa shape index (κ1) is 14.0. The summed E-state index contributed by atoms with van der Waals surface area (Å²) < 4.78 is 0. The van der Waals surface area contributed by atoms with Crippen LogP contribution in [0, 0.1) is 12.8 Å². The maximum atomic E-state index is 4.45. The lowest BCUT2D eigenvalue weighted by Crippen LogP contribution is -2.28. The van der Waals surface area contributed by atoms with Gasteiger partial charge in [-0.1, -0.05) is 6.07 Å². The van der Waals surface area contributed by atoms with Crippen LogP contribution in [0.25, 0.3) is 0 Å². The number of hydrogen-bond donors (Lipinski definition) is 2. The quantitative estimate of drug-likeness (QED) is 0.905. The van der Waals surface area contributed by atoms with E-state index in [4.69, 9.17) is 0 Å². The Bertz CT molecular complexity index is 591. The van der Waals surface area contributed by atoms with Crippen LogP contribution in [-0.2, 0) is 6.42 Å². The molecule has 4 heteroatoms. The second-order valence-electron chi connectivity index (χ2n) is 5.74. The predicted molar refractivity (Wildman–Crippen MR) is 85.8 cm³/mol. The van der Waals surface area contributed by atoms with E-state index in [9.17, 15) is 0 Å². The van der Waals surface area contributed by atoms with Crippen LogP contribution >= 0.6 is 0 Å². The van der Waals surface area contributed by atoms with Gasteiger partial charge in [0.05, 0.1) is 0 Å².